The summed E-state index contributed by atoms with van der Waals surface area (Å²) >= 11 is 2.85. The third-order valence-electron chi connectivity index (χ3n) is 2.65. The summed E-state index contributed by atoms with van der Waals surface area (Å²) in [6.07, 6.45) is 0. The third kappa shape index (κ3) is 3.40. The molecule has 0 spiro atoms. The third-order valence-corrected chi connectivity index (χ3v) is 4.62. The molecule has 0 aliphatic carbocycles. The molecule has 0 saturated carbocycles. The van der Waals surface area contributed by atoms with Crippen LogP contribution in [0.3, 0.4) is 0 Å². The Bertz CT molecular complexity index is 605. The van der Waals surface area contributed by atoms with E-state index in [1.165, 1.54) is 17.3 Å². The smallest absolute Gasteiger partial charge is 0.313 e. The van der Waals surface area contributed by atoms with Crippen LogP contribution in [0, 0.1) is 12.8 Å². The first-order chi connectivity index (χ1) is 9.49. The second-order valence-corrected chi connectivity index (χ2v) is 6.78. The van der Waals surface area contributed by atoms with E-state index in [0.717, 1.165) is 17.2 Å². The minimum Gasteiger partial charge on any atom is -0.481 e. The van der Waals surface area contributed by atoms with Crippen molar-refractivity contribution in [1.29, 1.82) is 0 Å². The van der Waals surface area contributed by atoms with Crippen LogP contribution >= 0.6 is 23.1 Å². The molecule has 1 N–H and O–H groups in total. The summed E-state index contributed by atoms with van der Waals surface area (Å²) in [4.78, 5) is 11.8. The lowest BCUT2D eigenvalue weighted by Crippen LogP contribution is -2.09. The van der Waals surface area contributed by atoms with Crippen LogP contribution in [0.2, 0.25) is 0 Å². The molecule has 0 aromatic carbocycles. The Balaban J connectivity index is 2.37. The molecule has 2 heterocycles. The average molecular weight is 311 g/mol. The zero-order chi connectivity index (χ0) is 14.7. The molecule has 5 nitrogen and oxygen atoms in total. The zero-order valence-electron chi connectivity index (χ0n) is 11.7. The van der Waals surface area contributed by atoms with Crippen LogP contribution in [0.15, 0.2) is 16.6 Å². The van der Waals surface area contributed by atoms with Gasteiger partial charge in [-0.15, -0.1) is 21.5 Å². The predicted octanol–water partition coefficient (Wildman–Crippen LogP) is 3.15. The highest BCUT2D eigenvalue weighted by Gasteiger charge is 2.18. The quantitative estimate of drug-likeness (QED) is 0.830. The van der Waals surface area contributed by atoms with E-state index in [2.05, 4.69) is 30.1 Å². The van der Waals surface area contributed by atoms with Crippen molar-refractivity contribution in [3.8, 4) is 10.7 Å². The first-order valence-corrected chi connectivity index (χ1v) is 8.17. The zero-order valence-corrected chi connectivity index (χ0v) is 13.3. The van der Waals surface area contributed by atoms with Crippen molar-refractivity contribution in [2.24, 2.45) is 5.92 Å². The number of rotatable bonds is 6. The number of aromatic nitrogens is 3. The molecule has 20 heavy (non-hydrogen) atoms. The van der Waals surface area contributed by atoms with Crippen LogP contribution in [0.1, 0.15) is 19.4 Å². The Morgan fingerprint density at radius 2 is 2.25 bits per heavy atom. The van der Waals surface area contributed by atoms with Gasteiger partial charge in [-0.3, -0.25) is 4.79 Å². The van der Waals surface area contributed by atoms with Crippen molar-refractivity contribution < 1.29 is 9.90 Å². The molecule has 2 aromatic heterocycles. The molecule has 0 bridgehead atoms. The van der Waals surface area contributed by atoms with Gasteiger partial charge in [0, 0.05) is 6.54 Å². The Morgan fingerprint density at radius 3 is 2.80 bits per heavy atom. The van der Waals surface area contributed by atoms with E-state index < -0.39 is 5.97 Å². The normalized spacial score (nSPS) is 11.2. The molecular weight excluding hydrogens is 294 g/mol. The van der Waals surface area contributed by atoms with Gasteiger partial charge in [0.1, 0.15) is 0 Å². The van der Waals surface area contributed by atoms with Crippen molar-refractivity contribution in [2.75, 3.05) is 5.75 Å². The maximum atomic E-state index is 10.7. The van der Waals surface area contributed by atoms with E-state index >= 15 is 0 Å². The number of carboxylic acid groups (broad SMARTS) is 1. The predicted molar refractivity (Wildman–Crippen MR) is 81.3 cm³/mol. The van der Waals surface area contributed by atoms with E-state index in [-0.39, 0.29) is 5.75 Å². The van der Waals surface area contributed by atoms with Gasteiger partial charge in [-0.25, -0.2) is 0 Å². The number of carboxylic acids is 1. The van der Waals surface area contributed by atoms with Gasteiger partial charge >= 0.3 is 5.97 Å². The van der Waals surface area contributed by atoms with E-state index in [1.807, 2.05) is 16.9 Å². The van der Waals surface area contributed by atoms with Gasteiger partial charge in [-0.1, -0.05) is 25.6 Å². The highest BCUT2D eigenvalue weighted by Crippen LogP contribution is 2.30. The Morgan fingerprint density at radius 1 is 1.50 bits per heavy atom. The van der Waals surface area contributed by atoms with E-state index in [9.17, 15) is 4.79 Å². The fraction of sp³-hybridized carbons (Fsp3) is 0.462. The lowest BCUT2D eigenvalue weighted by Gasteiger charge is -2.11. The molecule has 0 atom stereocenters. The molecule has 0 aliphatic heterocycles. The summed E-state index contributed by atoms with van der Waals surface area (Å²) in [5.74, 6) is 0.427. The second-order valence-electron chi connectivity index (χ2n) is 4.93. The van der Waals surface area contributed by atoms with E-state index in [4.69, 9.17) is 5.11 Å². The number of aryl methyl sites for hydroxylation is 1. The standard InChI is InChI=1S/C13H17N3O2S2/c1-8(2)6-16-12(11-9(3)4-5-19-11)14-15-13(16)20-7-10(17)18/h4-5,8H,6-7H2,1-3H3,(H,17,18). The topological polar surface area (TPSA) is 68.0 Å². The number of hydrogen-bond donors (Lipinski definition) is 1. The highest BCUT2D eigenvalue weighted by molar-refractivity contribution is 7.99. The van der Waals surface area contributed by atoms with Gasteiger partial charge in [0.15, 0.2) is 11.0 Å². The summed E-state index contributed by atoms with van der Waals surface area (Å²) in [6, 6.07) is 2.05. The van der Waals surface area contributed by atoms with E-state index in [1.54, 1.807) is 11.3 Å². The van der Waals surface area contributed by atoms with Gasteiger partial charge < -0.3 is 9.67 Å². The monoisotopic (exact) mass is 311 g/mol. The molecule has 2 aromatic rings. The number of thioether (sulfide) groups is 1. The van der Waals surface area contributed by atoms with Gasteiger partial charge in [-0.05, 0) is 29.9 Å². The van der Waals surface area contributed by atoms with E-state index in [0.29, 0.717) is 11.1 Å². The number of aliphatic carboxylic acids is 1. The number of carbonyl (C=O) groups is 1. The van der Waals surface area contributed by atoms with Crippen LogP contribution in [0.5, 0.6) is 0 Å². The minimum absolute atomic E-state index is 0.000346. The molecule has 0 radical (unpaired) electrons. The molecular formula is C13H17N3O2S2. The van der Waals surface area contributed by atoms with Gasteiger partial charge in [0.2, 0.25) is 0 Å². The molecule has 7 heteroatoms. The molecule has 0 fully saturated rings. The van der Waals surface area contributed by atoms with Crippen molar-refractivity contribution in [1.82, 2.24) is 14.8 Å². The molecule has 0 aliphatic rings. The lowest BCUT2D eigenvalue weighted by atomic mass is 10.2. The summed E-state index contributed by atoms with van der Waals surface area (Å²) < 4.78 is 2.02. The largest absolute Gasteiger partial charge is 0.481 e. The maximum absolute atomic E-state index is 10.7. The van der Waals surface area contributed by atoms with Gasteiger partial charge in [0.25, 0.3) is 0 Å². The summed E-state index contributed by atoms with van der Waals surface area (Å²) in [7, 11) is 0. The Hall–Kier alpha value is -1.34. The molecule has 0 saturated heterocycles. The fourth-order valence-corrected chi connectivity index (χ4v) is 3.41. The number of thiophene rings is 1. The summed E-state index contributed by atoms with van der Waals surface area (Å²) in [5.41, 5.74) is 1.17. The van der Waals surface area contributed by atoms with Crippen molar-refractivity contribution in [3.63, 3.8) is 0 Å². The number of nitrogens with zero attached hydrogens (tertiary/aromatic N) is 3. The Labute approximate surface area is 126 Å². The van der Waals surface area contributed by atoms with Gasteiger partial charge in [-0.2, -0.15) is 0 Å². The van der Waals surface area contributed by atoms with Crippen molar-refractivity contribution >= 4 is 29.1 Å². The SMILES string of the molecule is Cc1ccsc1-c1nnc(SCC(=O)O)n1CC(C)C. The first kappa shape index (κ1) is 15.1. The van der Waals surface area contributed by atoms with Crippen LogP contribution in [-0.4, -0.2) is 31.6 Å². The summed E-state index contributed by atoms with van der Waals surface area (Å²) in [5, 5.41) is 19.9. The van der Waals surface area contributed by atoms with Crippen LogP contribution in [-0.2, 0) is 11.3 Å². The summed E-state index contributed by atoms with van der Waals surface area (Å²) in [6.45, 7) is 7.07. The van der Waals surface area contributed by atoms with Crippen molar-refractivity contribution in [2.45, 2.75) is 32.5 Å². The van der Waals surface area contributed by atoms with Crippen molar-refractivity contribution in [3.05, 3.63) is 17.0 Å². The van der Waals surface area contributed by atoms with Crippen LogP contribution in [0.4, 0.5) is 0 Å². The molecule has 0 amide bonds. The second kappa shape index (κ2) is 6.41. The Kier molecular flexibility index (Phi) is 4.82. The van der Waals surface area contributed by atoms with Crippen LogP contribution in [0.25, 0.3) is 10.7 Å². The van der Waals surface area contributed by atoms with Crippen LogP contribution < -0.4 is 0 Å². The first-order valence-electron chi connectivity index (χ1n) is 6.31. The molecule has 108 valence electrons. The minimum atomic E-state index is -0.844. The maximum Gasteiger partial charge on any atom is 0.313 e. The number of hydrogen-bond acceptors (Lipinski definition) is 5. The molecule has 0 unspecified atom stereocenters. The lowest BCUT2D eigenvalue weighted by molar-refractivity contribution is -0.133. The highest BCUT2D eigenvalue weighted by atomic mass is 32.2. The average Bonchev–Trinajstić information content (AvgIpc) is 2.92. The fourth-order valence-electron chi connectivity index (χ4n) is 1.82. The molecule has 2 rings (SSSR count). The van der Waals surface area contributed by atoms with Gasteiger partial charge in [0.05, 0.1) is 10.6 Å².